The Kier molecular flexibility index (Phi) is 4.49. The number of hydrogen-bond acceptors (Lipinski definition) is 5. The van der Waals surface area contributed by atoms with Gasteiger partial charge in [0.1, 0.15) is 12.4 Å². The molecule has 2 aliphatic heterocycles. The van der Waals surface area contributed by atoms with E-state index in [-0.39, 0.29) is 17.9 Å². The van der Waals surface area contributed by atoms with Gasteiger partial charge in [0.25, 0.3) is 5.91 Å². The molecule has 23 heavy (non-hydrogen) atoms. The van der Waals surface area contributed by atoms with Crippen LogP contribution < -0.4 is 10.2 Å². The summed E-state index contributed by atoms with van der Waals surface area (Å²) in [5.41, 5.74) is 2.77. The molecule has 2 atom stereocenters. The van der Waals surface area contributed by atoms with Gasteiger partial charge >= 0.3 is 0 Å². The standard InChI is InChI=1S/C16H20N2O5/c1-10-13-3-2-11(15(19)17-21)8-14(13)23-7-5-18(10)16(20)12-4-6-22-9-12/h2-3,8,10,12,21H,4-7,9H2,1H3,(H,17,19)/t10?,12-/m0/s1. The smallest absolute Gasteiger partial charge is 0.274 e. The summed E-state index contributed by atoms with van der Waals surface area (Å²) in [5, 5.41) is 8.73. The lowest BCUT2D eigenvalue weighted by atomic mass is 10.0. The molecule has 2 aliphatic rings. The van der Waals surface area contributed by atoms with E-state index in [0.29, 0.717) is 37.7 Å². The van der Waals surface area contributed by atoms with Crippen molar-refractivity contribution in [2.45, 2.75) is 19.4 Å². The lowest BCUT2D eigenvalue weighted by Crippen LogP contribution is -2.39. The highest BCUT2D eigenvalue weighted by Gasteiger charge is 2.33. The summed E-state index contributed by atoms with van der Waals surface area (Å²) in [7, 11) is 0. The van der Waals surface area contributed by atoms with Crippen molar-refractivity contribution in [1.29, 1.82) is 0 Å². The fraction of sp³-hybridized carbons (Fsp3) is 0.500. The van der Waals surface area contributed by atoms with E-state index in [0.717, 1.165) is 12.0 Å². The number of nitrogens with zero attached hydrogens (tertiary/aromatic N) is 1. The van der Waals surface area contributed by atoms with Gasteiger partial charge in [-0.3, -0.25) is 14.8 Å². The quantitative estimate of drug-likeness (QED) is 0.630. The van der Waals surface area contributed by atoms with E-state index in [4.69, 9.17) is 14.7 Å². The Hall–Kier alpha value is -2.12. The first-order valence-corrected chi connectivity index (χ1v) is 7.71. The average molecular weight is 320 g/mol. The Labute approximate surface area is 134 Å². The zero-order chi connectivity index (χ0) is 16.4. The minimum Gasteiger partial charge on any atom is -0.491 e. The van der Waals surface area contributed by atoms with E-state index in [1.165, 1.54) is 0 Å². The fourth-order valence-electron chi connectivity index (χ4n) is 3.09. The van der Waals surface area contributed by atoms with E-state index in [2.05, 4.69) is 0 Å². The zero-order valence-electron chi connectivity index (χ0n) is 12.9. The van der Waals surface area contributed by atoms with Crippen molar-refractivity contribution in [3.8, 4) is 5.75 Å². The van der Waals surface area contributed by atoms with Crippen LogP contribution in [-0.2, 0) is 9.53 Å². The number of rotatable bonds is 2. The minimum atomic E-state index is -0.593. The summed E-state index contributed by atoms with van der Waals surface area (Å²) in [6.45, 7) is 3.91. The van der Waals surface area contributed by atoms with Gasteiger partial charge in [-0.1, -0.05) is 6.07 Å². The lowest BCUT2D eigenvalue weighted by molar-refractivity contribution is -0.137. The number of hydrogen-bond donors (Lipinski definition) is 2. The van der Waals surface area contributed by atoms with Gasteiger partial charge < -0.3 is 14.4 Å². The molecule has 7 heteroatoms. The van der Waals surface area contributed by atoms with E-state index < -0.39 is 5.91 Å². The second-order valence-electron chi connectivity index (χ2n) is 5.81. The molecule has 1 saturated heterocycles. The number of nitrogens with one attached hydrogen (secondary N) is 1. The SMILES string of the molecule is CC1c2ccc(C(=O)NO)cc2OCCN1C(=O)[C@H]1CCOC1. The largest absolute Gasteiger partial charge is 0.491 e. The second kappa shape index (κ2) is 6.55. The molecule has 0 aromatic heterocycles. The minimum absolute atomic E-state index is 0.0848. The van der Waals surface area contributed by atoms with Crippen LogP contribution in [0.25, 0.3) is 0 Å². The van der Waals surface area contributed by atoms with Crippen molar-refractivity contribution in [2.75, 3.05) is 26.4 Å². The first kappa shape index (κ1) is 15.8. The maximum atomic E-state index is 12.7. The molecular formula is C16H20N2O5. The Morgan fingerprint density at radius 1 is 1.35 bits per heavy atom. The Balaban J connectivity index is 1.86. The highest BCUT2D eigenvalue weighted by atomic mass is 16.5. The number of amides is 2. The summed E-state index contributed by atoms with van der Waals surface area (Å²) in [4.78, 5) is 26.0. The van der Waals surface area contributed by atoms with Gasteiger partial charge in [-0.2, -0.15) is 0 Å². The Morgan fingerprint density at radius 3 is 2.87 bits per heavy atom. The highest BCUT2D eigenvalue weighted by molar-refractivity contribution is 5.94. The van der Waals surface area contributed by atoms with Gasteiger partial charge in [0.2, 0.25) is 5.91 Å². The molecule has 2 N–H and O–H groups in total. The van der Waals surface area contributed by atoms with Crippen molar-refractivity contribution in [1.82, 2.24) is 10.4 Å². The van der Waals surface area contributed by atoms with Crippen LogP contribution in [-0.4, -0.2) is 48.3 Å². The summed E-state index contributed by atoms with van der Waals surface area (Å²) in [5.74, 6) is -0.0250. The van der Waals surface area contributed by atoms with Crippen molar-refractivity contribution in [3.63, 3.8) is 0 Å². The monoisotopic (exact) mass is 320 g/mol. The molecule has 2 heterocycles. The molecule has 0 saturated carbocycles. The van der Waals surface area contributed by atoms with Crippen LogP contribution in [0.2, 0.25) is 0 Å². The van der Waals surface area contributed by atoms with Crippen LogP contribution in [0.15, 0.2) is 18.2 Å². The maximum Gasteiger partial charge on any atom is 0.274 e. The molecule has 0 bridgehead atoms. The van der Waals surface area contributed by atoms with Gasteiger partial charge in [-0.05, 0) is 25.5 Å². The molecule has 0 spiro atoms. The third kappa shape index (κ3) is 3.02. The molecule has 1 unspecified atom stereocenters. The van der Waals surface area contributed by atoms with Crippen molar-refractivity contribution in [2.24, 2.45) is 5.92 Å². The molecule has 3 rings (SSSR count). The van der Waals surface area contributed by atoms with Crippen LogP contribution in [0.1, 0.15) is 35.3 Å². The van der Waals surface area contributed by atoms with Gasteiger partial charge in [0, 0.05) is 17.7 Å². The van der Waals surface area contributed by atoms with E-state index >= 15 is 0 Å². The normalized spacial score (nSPS) is 23.7. The fourth-order valence-corrected chi connectivity index (χ4v) is 3.09. The lowest BCUT2D eigenvalue weighted by Gasteiger charge is -2.29. The third-order valence-corrected chi connectivity index (χ3v) is 4.45. The molecule has 1 aromatic rings. The van der Waals surface area contributed by atoms with Crippen LogP contribution in [0, 0.1) is 5.92 Å². The molecule has 0 radical (unpaired) electrons. The summed E-state index contributed by atoms with van der Waals surface area (Å²) in [6, 6.07) is 4.81. The number of hydroxylamine groups is 1. The van der Waals surface area contributed by atoms with Gasteiger partial charge in [-0.25, -0.2) is 5.48 Å². The van der Waals surface area contributed by atoms with E-state index in [1.54, 1.807) is 23.7 Å². The molecule has 1 aromatic carbocycles. The summed E-state index contributed by atoms with van der Waals surface area (Å²) >= 11 is 0. The zero-order valence-corrected chi connectivity index (χ0v) is 12.9. The Morgan fingerprint density at radius 2 is 2.17 bits per heavy atom. The van der Waals surface area contributed by atoms with Gasteiger partial charge in [0.15, 0.2) is 0 Å². The molecule has 7 nitrogen and oxygen atoms in total. The number of fused-ring (bicyclic) bond motifs is 1. The van der Waals surface area contributed by atoms with Gasteiger partial charge in [-0.15, -0.1) is 0 Å². The molecule has 1 fully saturated rings. The predicted molar refractivity (Wildman–Crippen MR) is 80.2 cm³/mol. The topological polar surface area (TPSA) is 88.1 Å². The molecule has 124 valence electrons. The maximum absolute atomic E-state index is 12.7. The molecule has 2 amide bonds. The highest BCUT2D eigenvalue weighted by Crippen LogP contribution is 2.34. The molecule has 0 aliphatic carbocycles. The van der Waals surface area contributed by atoms with Gasteiger partial charge in [0.05, 0.1) is 25.1 Å². The number of ether oxygens (including phenoxy) is 2. The third-order valence-electron chi connectivity index (χ3n) is 4.45. The second-order valence-corrected chi connectivity index (χ2v) is 5.81. The predicted octanol–water partition coefficient (Wildman–Crippen LogP) is 1.12. The summed E-state index contributed by atoms with van der Waals surface area (Å²) in [6.07, 6.45) is 0.755. The van der Waals surface area contributed by atoms with E-state index in [1.807, 2.05) is 11.8 Å². The average Bonchev–Trinajstić information content (AvgIpc) is 3.06. The number of benzene rings is 1. The first-order valence-electron chi connectivity index (χ1n) is 7.71. The number of carbonyl (C=O) groups is 2. The van der Waals surface area contributed by atoms with Crippen LogP contribution >= 0.6 is 0 Å². The van der Waals surface area contributed by atoms with Crippen molar-refractivity contribution in [3.05, 3.63) is 29.3 Å². The molecular weight excluding hydrogens is 300 g/mol. The summed E-state index contributed by atoms with van der Waals surface area (Å²) < 4.78 is 11.0. The van der Waals surface area contributed by atoms with Crippen molar-refractivity contribution >= 4 is 11.8 Å². The van der Waals surface area contributed by atoms with E-state index in [9.17, 15) is 9.59 Å². The van der Waals surface area contributed by atoms with Crippen LogP contribution in [0.3, 0.4) is 0 Å². The first-order chi connectivity index (χ1) is 11.1. The number of carbonyl (C=O) groups excluding carboxylic acids is 2. The van der Waals surface area contributed by atoms with Crippen LogP contribution in [0.4, 0.5) is 0 Å². The van der Waals surface area contributed by atoms with Crippen LogP contribution in [0.5, 0.6) is 5.75 Å². The van der Waals surface area contributed by atoms with Crippen molar-refractivity contribution < 1.29 is 24.3 Å². The Bertz CT molecular complexity index is 612.